The second-order valence-corrected chi connectivity index (χ2v) is 11.2. The maximum absolute atomic E-state index is 14.9. The summed E-state index contributed by atoms with van der Waals surface area (Å²) in [6, 6.07) is 1.08. The Bertz CT molecular complexity index is 1740. The zero-order chi connectivity index (χ0) is 35.0. The predicted octanol–water partition coefficient (Wildman–Crippen LogP) is 6.41. The first-order valence-corrected chi connectivity index (χ1v) is 14.5. The molecule has 0 saturated carbocycles. The van der Waals surface area contributed by atoms with Crippen molar-refractivity contribution in [2.45, 2.75) is 70.4 Å². The van der Waals surface area contributed by atoms with E-state index in [4.69, 9.17) is 4.74 Å². The first-order valence-electron chi connectivity index (χ1n) is 14.5. The molecule has 2 aromatic carbocycles. The van der Waals surface area contributed by atoms with E-state index in [1.54, 1.807) is 0 Å². The summed E-state index contributed by atoms with van der Waals surface area (Å²) in [4.78, 5) is 38.8. The van der Waals surface area contributed by atoms with Crippen molar-refractivity contribution in [1.82, 2.24) is 9.88 Å². The van der Waals surface area contributed by atoms with Crippen LogP contribution in [0.4, 0.5) is 40.8 Å². The lowest BCUT2D eigenvalue weighted by Gasteiger charge is -2.22. The van der Waals surface area contributed by atoms with Crippen molar-refractivity contribution in [3.63, 3.8) is 0 Å². The molecular weight excluding hydrogens is 642 g/mol. The fraction of sp³-hybridized carbons (Fsp3) is 0.406. The van der Waals surface area contributed by atoms with E-state index < -0.39 is 82.3 Å². The number of nitrogens with one attached hydrogen (secondary N) is 2. The van der Waals surface area contributed by atoms with E-state index in [0.717, 1.165) is 17.7 Å². The Kier molecular flexibility index (Phi) is 10.1. The van der Waals surface area contributed by atoms with Crippen LogP contribution >= 0.6 is 0 Å². The summed E-state index contributed by atoms with van der Waals surface area (Å²) in [6.45, 7) is 2.60. The second-order valence-electron chi connectivity index (χ2n) is 11.2. The van der Waals surface area contributed by atoms with Gasteiger partial charge in [0.2, 0.25) is 0 Å². The van der Waals surface area contributed by atoms with Crippen LogP contribution in [0.3, 0.4) is 0 Å². The summed E-state index contributed by atoms with van der Waals surface area (Å²) < 4.78 is 117. The number of methoxy groups -OCH3 is 1. The second kappa shape index (κ2) is 13.4. The van der Waals surface area contributed by atoms with Gasteiger partial charge in [-0.3, -0.25) is 9.59 Å². The molecule has 0 unspecified atom stereocenters. The number of ether oxygens (including phenoxy) is 1. The summed E-state index contributed by atoms with van der Waals surface area (Å²) in [6.07, 6.45) is -9.04. The molecule has 0 spiro atoms. The molecule has 0 fully saturated rings. The van der Waals surface area contributed by atoms with Gasteiger partial charge in [-0.2, -0.15) is 26.3 Å². The molecule has 1 amide bonds. The number of nitrogens with zero attached hydrogens (tertiary/aromatic N) is 1. The van der Waals surface area contributed by atoms with Gasteiger partial charge in [0.05, 0.1) is 18.2 Å². The Morgan fingerprint density at radius 3 is 2.17 bits per heavy atom. The minimum absolute atomic E-state index is 0.0847. The Hall–Kier alpha value is -4.43. The zero-order valence-electron chi connectivity index (χ0n) is 25.7. The number of amides is 1. The minimum atomic E-state index is -4.83. The zero-order valence-corrected chi connectivity index (χ0v) is 25.7. The monoisotopic (exact) mass is 673 g/mol. The van der Waals surface area contributed by atoms with Gasteiger partial charge in [-0.05, 0) is 73.1 Å². The highest BCUT2D eigenvalue weighted by Crippen LogP contribution is 2.40. The molecule has 254 valence electrons. The van der Waals surface area contributed by atoms with Gasteiger partial charge in [-0.15, -0.1) is 0 Å². The summed E-state index contributed by atoms with van der Waals surface area (Å²) in [7, 11) is 2.37. The number of alkyl halides is 6. The maximum Gasteiger partial charge on any atom is 0.417 e. The predicted molar refractivity (Wildman–Crippen MR) is 156 cm³/mol. The minimum Gasteiger partial charge on any atom is -0.467 e. The highest BCUT2D eigenvalue weighted by molar-refractivity contribution is 5.97. The number of halogens is 8. The van der Waals surface area contributed by atoms with E-state index in [2.05, 4.69) is 5.32 Å². The first-order chi connectivity index (χ1) is 21.9. The van der Waals surface area contributed by atoms with Crippen LogP contribution < -0.4 is 16.2 Å². The number of hydrogen-bond acceptors (Lipinski definition) is 5. The van der Waals surface area contributed by atoms with Crippen molar-refractivity contribution in [3.8, 4) is 11.1 Å². The van der Waals surface area contributed by atoms with E-state index in [-0.39, 0.29) is 17.7 Å². The van der Waals surface area contributed by atoms with E-state index >= 15 is 0 Å². The quantitative estimate of drug-likeness (QED) is 0.203. The number of aromatic nitrogens is 1. The summed E-state index contributed by atoms with van der Waals surface area (Å²) in [5.41, 5.74) is -2.51. The molecule has 2 N–H and O–H groups in total. The Morgan fingerprint density at radius 2 is 1.62 bits per heavy atom. The molecule has 2 atom stereocenters. The molecule has 0 radical (unpaired) electrons. The van der Waals surface area contributed by atoms with E-state index in [0.29, 0.717) is 48.1 Å². The molecule has 1 heterocycles. The largest absolute Gasteiger partial charge is 0.467 e. The molecule has 7 nitrogen and oxygen atoms in total. The third-order valence-electron chi connectivity index (χ3n) is 8.26. The van der Waals surface area contributed by atoms with Crippen molar-refractivity contribution < 1.29 is 49.4 Å². The van der Waals surface area contributed by atoms with Crippen molar-refractivity contribution in [1.29, 1.82) is 0 Å². The Morgan fingerprint density at radius 1 is 1.00 bits per heavy atom. The van der Waals surface area contributed by atoms with E-state index in [1.165, 1.54) is 33.0 Å². The molecule has 0 saturated heterocycles. The number of aryl methyl sites for hydroxylation is 1. The number of pyridine rings is 1. The van der Waals surface area contributed by atoms with Crippen LogP contribution in [0.15, 0.2) is 35.1 Å². The van der Waals surface area contributed by atoms with E-state index in [9.17, 15) is 49.5 Å². The first kappa shape index (κ1) is 35.4. The lowest BCUT2D eigenvalue weighted by molar-refractivity contribution is -0.143. The summed E-state index contributed by atoms with van der Waals surface area (Å²) in [5.74, 6) is -5.38. The van der Waals surface area contributed by atoms with Gasteiger partial charge < -0.3 is 19.9 Å². The number of carbonyl (C=O) groups is 2. The van der Waals surface area contributed by atoms with Gasteiger partial charge in [0.1, 0.15) is 29.3 Å². The molecule has 0 aliphatic heterocycles. The van der Waals surface area contributed by atoms with Crippen LogP contribution in [0.5, 0.6) is 0 Å². The number of benzene rings is 2. The van der Waals surface area contributed by atoms with Gasteiger partial charge >= 0.3 is 18.3 Å². The van der Waals surface area contributed by atoms with Crippen molar-refractivity contribution >= 4 is 17.6 Å². The number of anilines is 1. The molecule has 1 aliphatic rings. The Labute approximate surface area is 263 Å². The molecule has 47 heavy (non-hydrogen) atoms. The standard InChI is InChI=1S/C32H31F8N3O4/c1-5-25(32(38,39)40)41-17-13-22(33)27(23(34)14-17)28(44)42-24(30(46)47-4)12-16-9-10-20(19-8-6-7-18(16)19)26-21(31(35,36)37)11-15(2)43(3)29(26)45/h9-11,13-14,24-25,41H,5-8,12H2,1-4H3,(H,42,44)/t24-,25+/m0/s1. The van der Waals surface area contributed by atoms with Gasteiger partial charge in [-0.25, -0.2) is 13.6 Å². The molecule has 0 bridgehead atoms. The highest BCUT2D eigenvalue weighted by Gasteiger charge is 2.39. The molecule has 4 rings (SSSR count). The van der Waals surface area contributed by atoms with Crippen LogP contribution in [0.2, 0.25) is 0 Å². The van der Waals surface area contributed by atoms with Crippen molar-refractivity contribution in [2.24, 2.45) is 7.05 Å². The summed E-state index contributed by atoms with van der Waals surface area (Å²) in [5, 5.41) is 4.19. The van der Waals surface area contributed by atoms with Crippen molar-refractivity contribution in [2.75, 3.05) is 12.4 Å². The fourth-order valence-corrected chi connectivity index (χ4v) is 5.79. The highest BCUT2D eigenvalue weighted by atomic mass is 19.4. The van der Waals surface area contributed by atoms with Crippen molar-refractivity contribution in [3.05, 3.63) is 85.8 Å². The van der Waals surface area contributed by atoms with Gasteiger partial charge in [-0.1, -0.05) is 19.1 Å². The molecule has 15 heteroatoms. The third-order valence-corrected chi connectivity index (χ3v) is 8.26. The van der Waals surface area contributed by atoms with Crippen LogP contribution in [-0.2, 0) is 42.0 Å². The summed E-state index contributed by atoms with van der Waals surface area (Å²) >= 11 is 0. The average Bonchev–Trinajstić information content (AvgIpc) is 3.47. The van der Waals surface area contributed by atoms with Gasteiger partial charge in [0.25, 0.3) is 11.5 Å². The van der Waals surface area contributed by atoms with Crippen LogP contribution in [0.1, 0.15) is 58.1 Å². The lowest BCUT2D eigenvalue weighted by Crippen LogP contribution is -2.43. The smallest absolute Gasteiger partial charge is 0.417 e. The number of rotatable bonds is 9. The average molecular weight is 674 g/mol. The van der Waals surface area contributed by atoms with E-state index in [1.807, 2.05) is 5.32 Å². The third kappa shape index (κ3) is 7.28. The molecule has 1 aliphatic carbocycles. The van der Waals surface area contributed by atoms with Crippen LogP contribution in [-0.4, -0.2) is 41.8 Å². The number of fused-ring (bicyclic) bond motifs is 1. The van der Waals surface area contributed by atoms with Crippen LogP contribution in [0.25, 0.3) is 11.1 Å². The maximum atomic E-state index is 14.9. The number of esters is 1. The van der Waals surface area contributed by atoms with Gasteiger partial charge in [0, 0.05) is 24.8 Å². The molecule has 1 aromatic heterocycles. The van der Waals surface area contributed by atoms with Gasteiger partial charge in [0.15, 0.2) is 0 Å². The Balaban J connectivity index is 1.68. The topological polar surface area (TPSA) is 89.4 Å². The number of hydrogen-bond donors (Lipinski definition) is 2. The van der Waals surface area contributed by atoms with Crippen LogP contribution in [0, 0.1) is 18.6 Å². The number of carbonyl (C=O) groups excluding carboxylic acids is 2. The molecular formula is C32H31F8N3O4. The molecule has 3 aromatic rings. The SMILES string of the molecule is CC[C@@H](Nc1cc(F)c(C(=O)N[C@@H](Cc2ccc(-c3c(C(F)(F)F)cc(C)n(C)c3=O)c3c2CCC3)C(=O)OC)c(F)c1)C(F)(F)F. The fourth-order valence-electron chi connectivity index (χ4n) is 5.79. The normalized spacial score (nSPS) is 14.4. The lowest BCUT2D eigenvalue weighted by atomic mass is 9.89.